The van der Waals surface area contributed by atoms with Crippen molar-refractivity contribution in [2.45, 2.75) is 6.18 Å². The molecule has 0 amide bonds. The summed E-state index contributed by atoms with van der Waals surface area (Å²) in [5.41, 5.74) is -2.99. The van der Waals surface area contributed by atoms with Gasteiger partial charge in [0.2, 0.25) is 5.82 Å². The summed E-state index contributed by atoms with van der Waals surface area (Å²) < 4.78 is 82.9. The summed E-state index contributed by atoms with van der Waals surface area (Å²) in [4.78, 5) is 0. The van der Waals surface area contributed by atoms with Crippen molar-refractivity contribution in [2.75, 3.05) is 0 Å². The standard InChI is InChI=1S/C15H4F6N2O/c16-11-9(5-22)10(6-23)14(13(18)12(11)17)24-8-3-1-7(2-4-8)15(19,20)21/h1-4H. The quantitative estimate of drug-likeness (QED) is 0.589. The summed E-state index contributed by atoms with van der Waals surface area (Å²) >= 11 is 0. The smallest absolute Gasteiger partial charge is 0.416 e. The Morgan fingerprint density at radius 3 is 1.79 bits per heavy atom. The van der Waals surface area contributed by atoms with E-state index in [9.17, 15) is 26.3 Å². The molecule has 0 unspecified atom stereocenters. The van der Waals surface area contributed by atoms with Gasteiger partial charge >= 0.3 is 6.18 Å². The van der Waals surface area contributed by atoms with Gasteiger partial charge in [0.05, 0.1) is 5.56 Å². The van der Waals surface area contributed by atoms with Gasteiger partial charge in [-0.1, -0.05) is 0 Å². The van der Waals surface area contributed by atoms with Crippen LogP contribution in [0.15, 0.2) is 24.3 Å². The van der Waals surface area contributed by atoms with Crippen molar-refractivity contribution in [1.29, 1.82) is 10.5 Å². The lowest BCUT2D eigenvalue weighted by molar-refractivity contribution is -0.137. The van der Waals surface area contributed by atoms with Gasteiger partial charge in [0.15, 0.2) is 17.4 Å². The Kier molecular flexibility index (Phi) is 4.38. The highest BCUT2D eigenvalue weighted by molar-refractivity contribution is 5.56. The van der Waals surface area contributed by atoms with Crippen LogP contribution in [0.25, 0.3) is 0 Å². The molecule has 0 aliphatic carbocycles. The third kappa shape index (κ3) is 2.97. The molecule has 122 valence electrons. The van der Waals surface area contributed by atoms with Crippen LogP contribution in [0.5, 0.6) is 11.5 Å². The topological polar surface area (TPSA) is 56.8 Å². The third-order valence-electron chi connectivity index (χ3n) is 2.91. The number of hydrogen-bond acceptors (Lipinski definition) is 3. The Labute approximate surface area is 130 Å². The number of halogens is 6. The van der Waals surface area contributed by atoms with Crippen molar-refractivity contribution in [3.05, 3.63) is 58.4 Å². The Bertz CT molecular complexity index is 876. The van der Waals surface area contributed by atoms with Gasteiger partial charge in [-0.3, -0.25) is 0 Å². The van der Waals surface area contributed by atoms with E-state index in [1.807, 2.05) is 0 Å². The summed E-state index contributed by atoms with van der Waals surface area (Å²) in [5, 5.41) is 17.7. The predicted octanol–water partition coefficient (Wildman–Crippen LogP) is 4.66. The molecule has 24 heavy (non-hydrogen) atoms. The van der Waals surface area contributed by atoms with E-state index in [4.69, 9.17) is 15.3 Å². The Morgan fingerprint density at radius 1 is 0.792 bits per heavy atom. The molecule has 0 saturated carbocycles. The summed E-state index contributed by atoms with van der Waals surface area (Å²) in [5.74, 6) is -7.22. The fraction of sp³-hybridized carbons (Fsp3) is 0.0667. The number of rotatable bonds is 2. The van der Waals surface area contributed by atoms with Gasteiger partial charge in [-0.15, -0.1) is 0 Å². The Hall–Kier alpha value is -3.20. The number of nitriles is 2. The summed E-state index contributed by atoms with van der Waals surface area (Å²) in [6.07, 6.45) is -4.61. The maximum atomic E-state index is 13.8. The molecular formula is C15H4F6N2O. The van der Waals surface area contributed by atoms with Crippen LogP contribution in [0, 0.1) is 40.1 Å². The van der Waals surface area contributed by atoms with E-state index in [1.165, 1.54) is 12.1 Å². The van der Waals surface area contributed by atoms with E-state index in [-0.39, 0.29) is 5.75 Å². The first-order chi connectivity index (χ1) is 11.2. The molecule has 0 spiro atoms. The molecule has 0 aliphatic rings. The molecule has 0 saturated heterocycles. The molecule has 0 aliphatic heterocycles. The lowest BCUT2D eigenvalue weighted by atomic mass is 10.1. The molecular weight excluding hydrogens is 338 g/mol. The van der Waals surface area contributed by atoms with Gasteiger partial charge in [-0.2, -0.15) is 28.1 Å². The fourth-order valence-corrected chi connectivity index (χ4v) is 1.78. The van der Waals surface area contributed by atoms with Crippen LogP contribution < -0.4 is 4.74 Å². The summed E-state index contributed by atoms with van der Waals surface area (Å²) in [6.45, 7) is 0. The van der Waals surface area contributed by atoms with Crippen molar-refractivity contribution < 1.29 is 31.1 Å². The van der Waals surface area contributed by atoms with Crippen molar-refractivity contribution >= 4 is 0 Å². The summed E-state index contributed by atoms with van der Waals surface area (Å²) in [6, 6.07) is 5.35. The van der Waals surface area contributed by atoms with E-state index in [1.54, 1.807) is 0 Å². The molecule has 2 aromatic rings. The van der Waals surface area contributed by atoms with Crippen molar-refractivity contribution in [1.82, 2.24) is 0 Å². The van der Waals surface area contributed by atoms with Gasteiger partial charge in [0.1, 0.15) is 29.0 Å². The molecule has 2 aromatic carbocycles. The Morgan fingerprint density at radius 2 is 1.33 bits per heavy atom. The molecule has 0 atom stereocenters. The predicted molar refractivity (Wildman–Crippen MR) is 67.3 cm³/mol. The zero-order valence-electron chi connectivity index (χ0n) is 11.4. The first-order valence-corrected chi connectivity index (χ1v) is 6.06. The van der Waals surface area contributed by atoms with Gasteiger partial charge in [-0.05, 0) is 24.3 Å². The molecule has 0 N–H and O–H groups in total. The highest BCUT2D eigenvalue weighted by Crippen LogP contribution is 2.35. The largest absolute Gasteiger partial charge is 0.453 e. The maximum Gasteiger partial charge on any atom is 0.416 e. The van der Waals surface area contributed by atoms with Crippen molar-refractivity contribution in [3.8, 4) is 23.6 Å². The third-order valence-corrected chi connectivity index (χ3v) is 2.91. The minimum absolute atomic E-state index is 0.367. The monoisotopic (exact) mass is 342 g/mol. The maximum absolute atomic E-state index is 13.8. The highest BCUT2D eigenvalue weighted by Gasteiger charge is 2.30. The molecule has 0 fully saturated rings. The number of alkyl halides is 3. The molecule has 3 nitrogen and oxygen atoms in total. The zero-order chi connectivity index (χ0) is 18.1. The van der Waals surface area contributed by atoms with Gasteiger partial charge in [0.25, 0.3) is 0 Å². The van der Waals surface area contributed by atoms with Crippen LogP contribution in [-0.4, -0.2) is 0 Å². The second-order valence-electron chi connectivity index (χ2n) is 4.37. The van der Waals surface area contributed by atoms with E-state index in [0.717, 1.165) is 12.1 Å². The number of nitrogens with zero attached hydrogens (tertiary/aromatic N) is 2. The molecule has 2 rings (SSSR count). The van der Waals surface area contributed by atoms with Crippen LogP contribution in [0.3, 0.4) is 0 Å². The lowest BCUT2D eigenvalue weighted by Gasteiger charge is -2.12. The average molecular weight is 342 g/mol. The van der Waals surface area contributed by atoms with Gasteiger partial charge < -0.3 is 4.74 Å². The van der Waals surface area contributed by atoms with Crippen LogP contribution >= 0.6 is 0 Å². The second-order valence-corrected chi connectivity index (χ2v) is 4.37. The van der Waals surface area contributed by atoms with Gasteiger partial charge in [-0.25, -0.2) is 8.78 Å². The van der Waals surface area contributed by atoms with E-state index < -0.39 is 46.1 Å². The van der Waals surface area contributed by atoms with Crippen LogP contribution in [0.1, 0.15) is 16.7 Å². The first-order valence-electron chi connectivity index (χ1n) is 6.06. The SMILES string of the molecule is N#Cc1c(F)c(F)c(F)c(Oc2ccc(C(F)(F)F)cc2)c1C#N. The molecule has 0 aromatic heterocycles. The number of hydrogen-bond donors (Lipinski definition) is 0. The molecule has 0 bridgehead atoms. The van der Waals surface area contributed by atoms with Crippen molar-refractivity contribution in [2.24, 2.45) is 0 Å². The van der Waals surface area contributed by atoms with Crippen LogP contribution in [-0.2, 0) is 6.18 Å². The van der Waals surface area contributed by atoms with Crippen molar-refractivity contribution in [3.63, 3.8) is 0 Å². The minimum Gasteiger partial charge on any atom is -0.453 e. The zero-order valence-corrected chi connectivity index (χ0v) is 11.4. The first kappa shape index (κ1) is 17.2. The molecule has 0 heterocycles. The van der Waals surface area contributed by atoms with E-state index in [0.29, 0.717) is 12.1 Å². The van der Waals surface area contributed by atoms with Crippen LogP contribution in [0.4, 0.5) is 26.3 Å². The van der Waals surface area contributed by atoms with Gasteiger partial charge in [0, 0.05) is 0 Å². The van der Waals surface area contributed by atoms with E-state index >= 15 is 0 Å². The minimum atomic E-state index is -4.61. The number of benzene rings is 2. The normalized spacial score (nSPS) is 10.8. The molecule has 0 radical (unpaired) electrons. The van der Waals surface area contributed by atoms with Crippen LogP contribution in [0.2, 0.25) is 0 Å². The Balaban J connectivity index is 2.53. The van der Waals surface area contributed by atoms with E-state index in [2.05, 4.69) is 0 Å². The number of ether oxygens (including phenoxy) is 1. The summed E-state index contributed by atoms with van der Waals surface area (Å²) in [7, 11) is 0. The average Bonchev–Trinajstić information content (AvgIpc) is 2.54. The molecule has 9 heteroatoms. The second kappa shape index (κ2) is 6.13. The fourth-order valence-electron chi connectivity index (χ4n) is 1.78. The highest BCUT2D eigenvalue weighted by atomic mass is 19.4. The lowest BCUT2D eigenvalue weighted by Crippen LogP contribution is -2.05.